The van der Waals surface area contributed by atoms with Gasteiger partial charge in [0.15, 0.2) is 0 Å². The minimum absolute atomic E-state index is 0.0363. The molecule has 0 spiro atoms. The van der Waals surface area contributed by atoms with Crippen molar-refractivity contribution in [2.45, 2.75) is 25.0 Å². The average molecular weight is 416 g/mol. The van der Waals surface area contributed by atoms with Gasteiger partial charge >= 0.3 is 5.97 Å². The van der Waals surface area contributed by atoms with E-state index in [1.807, 2.05) is 30.3 Å². The van der Waals surface area contributed by atoms with Gasteiger partial charge in [-0.1, -0.05) is 36.4 Å². The normalized spacial score (nSPS) is 25.8. The summed E-state index contributed by atoms with van der Waals surface area (Å²) in [6.07, 6.45) is 5.34. The van der Waals surface area contributed by atoms with E-state index in [1.165, 1.54) is 12.1 Å². The Morgan fingerprint density at radius 3 is 2.77 bits per heavy atom. The van der Waals surface area contributed by atoms with Crippen molar-refractivity contribution in [1.82, 2.24) is 9.88 Å². The van der Waals surface area contributed by atoms with Crippen LogP contribution in [0.15, 0.2) is 73.4 Å². The second-order valence-electron chi connectivity index (χ2n) is 8.47. The summed E-state index contributed by atoms with van der Waals surface area (Å²) in [6.45, 7) is 5.89. The summed E-state index contributed by atoms with van der Waals surface area (Å²) < 4.78 is 20.4. The lowest BCUT2D eigenvalue weighted by molar-refractivity contribution is -0.0569. The molecule has 0 radical (unpaired) electrons. The highest BCUT2D eigenvalue weighted by Crippen LogP contribution is 2.43. The lowest BCUT2D eigenvalue weighted by Gasteiger charge is -2.51. The number of halogens is 1. The number of esters is 1. The van der Waals surface area contributed by atoms with Gasteiger partial charge in [0, 0.05) is 23.7 Å². The summed E-state index contributed by atoms with van der Waals surface area (Å²) in [5.41, 5.74) is 1.74. The van der Waals surface area contributed by atoms with E-state index in [4.69, 9.17) is 4.74 Å². The van der Waals surface area contributed by atoms with E-state index in [0.29, 0.717) is 11.8 Å². The van der Waals surface area contributed by atoms with Gasteiger partial charge in [0.2, 0.25) is 0 Å². The largest absolute Gasteiger partial charge is 0.452 e. The van der Waals surface area contributed by atoms with Crippen LogP contribution in [-0.4, -0.2) is 35.0 Å². The van der Waals surface area contributed by atoms with Gasteiger partial charge < -0.3 is 4.74 Å². The molecule has 4 heterocycles. The maximum atomic E-state index is 14.3. The molecule has 2 bridgehead atoms. The monoisotopic (exact) mass is 416 g/mol. The van der Waals surface area contributed by atoms with E-state index >= 15 is 0 Å². The number of hydrogen-bond donors (Lipinski definition) is 0. The number of fused-ring (bicyclic) bond motifs is 4. The van der Waals surface area contributed by atoms with Crippen LogP contribution in [0.5, 0.6) is 0 Å². The Morgan fingerprint density at radius 2 is 2.00 bits per heavy atom. The molecule has 0 saturated carbocycles. The summed E-state index contributed by atoms with van der Waals surface area (Å²) in [6, 6.07) is 15.8. The van der Waals surface area contributed by atoms with E-state index in [1.54, 1.807) is 18.3 Å². The van der Waals surface area contributed by atoms with Crippen molar-refractivity contribution in [3.8, 4) is 0 Å². The quantitative estimate of drug-likeness (QED) is 0.425. The average Bonchev–Trinajstić information content (AvgIpc) is 2.82. The van der Waals surface area contributed by atoms with Gasteiger partial charge in [-0.3, -0.25) is 9.88 Å². The number of rotatable bonds is 5. The first-order valence-electron chi connectivity index (χ1n) is 10.8. The van der Waals surface area contributed by atoms with Gasteiger partial charge in [-0.05, 0) is 55.5 Å². The standard InChI is InChI=1S/C26H25FN2O2/c1-2-17-16-29-14-12-18(17)15-24(29)25(31-26(30)21-8-3-5-9-22(21)27)20-11-13-28-23-10-6-4-7-19(20)23/h2-11,13,17-18,24-25H,1,12,14-16H2/t17?,18?,24?,25-/m0/s1. The van der Waals surface area contributed by atoms with Crippen molar-refractivity contribution in [2.24, 2.45) is 11.8 Å². The summed E-state index contributed by atoms with van der Waals surface area (Å²) in [5, 5.41) is 0.958. The molecule has 1 aromatic heterocycles. The first-order chi connectivity index (χ1) is 15.2. The van der Waals surface area contributed by atoms with E-state index in [9.17, 15) is 9.18 Å². The number of aromatic nitrogens is 1. The maximum Gasteiger partial charge on any atom is 0.341 e. The first-order valence-corrected chi connectivity index (χ1v) is 10.8. The number of para-hydroxylation sites is 1. The zero-order valence-electron chi connectivity index (χ0n) is 17.3. The molecule has 0 amide bonds. The Balaban J connectivity index is 1.55. The van der Waals surface area contributed by atoms with Crippen molar-refractivity contribution < 1.29 is 13.9 Å². The molecule has 31 heavy (non-hydrogen) atoms. The van der Waals surface area contributed by atoms with Crippen molar-refractivity contribution in [3.05, 3.63) is 90.4 Å². The third kappa shape index (κ3) is 3.63. The predicted molar refractivity (Wildman–Crippen MR) is 118 cm³/mol. The van der Waals surface area contributed by atoms with Gasteiger partial charge in [0.25, 0.3) is 0 Å². The van der Waals surface area contributed by atoms with Crippen LogP contribution in [0.3, 0.4) is 0 Å². The minimum Gasteiger partial charge on any atom is -0.452 e. The molecule has 0 N–H and O–H groups in total. The summed E-state index contributed by atoms with van der Waals surface area (Å²) in [7, 11) is 0. The predicted octanol–water partition coefficient (Wildman–Crippen LogP) is 5.17. The smallest absolute Gasteiger partial charge is 0.341 e. The Hall–Kier alpha value is -3.05. The van der Waals surface area contributed by atoms with E-state index < -0.39 is 17.9 Å². The van der Waals surface area contributed by atoms with Crippen molar-refractivity contribution >= 4 is 16.9 Å². The fourth-order valence-electron chi connectivity index (χ4n) is 5.21. The zero-order chi connectivity index (χ0) is 21.4. The SMILES string of the molecule is C=CC1CN2CCC1CC2[C@@H](OC(=O)c1ccccc1F)c1ccnc2ccccc12. The van der Waals surface area contributed by atoms with Gasteiger partial charge in [0.05, 0.1) is 17.1 Å². The highest BCUT2D eigenvalue weighted by Gasteiger charge is 2.44. The Kier molecular flexibility index (Phi) is 5.28. The Labute approximate surface area is 181 Å². The molecule has 3 aliphatic rings. The number of nitrogens with zero attached hydrogens (tertiary/aromatic N) is 2. The number of piperidine rings is 3. The minimum atomic E-state index is -0.632. The van der Waals surface area contributed by atoms with Crippen LogP contribution < -0.4 is 0 Å². The maximum absolute atomic E-state index is 14.3. The Bertz CT molecular complexity index is 1130. The molecule has 158 valence electrons. The molecule has 2 aromatic carbocycles. The van der Waals surface area contributed by atoms with Crippen LogP contribution in [0.4, 0.5) is 4.39 Å². The van der Waals surface area contributed by atoms with Crippen LogP contribution >= 0.6 is 0 Å². The van der Waals surface area contributed by atoms with Crippen LogP contribution in [0.25, 0.3) is 10.9 Å². The van der Waals surface area contributed by atoms with Crippen LogP contribution in [-0.2, 0) is 4.74 Å². The molecule has 3 aliphatic heterocycles. The van der Waals surface area contributed by atoms with Crippen molar-refractivity contribution in [1.29, 1.82) is 0 Å². The molecule has 6 rings (SSSR count). The number of pyridine rings is 1. The lowest BCUT2D eigenvalue weighted by Crippen LogP contribution is -2.55. The highest BCUT2D eigenvalue weighted by atomic mass is 19.1. The second-order valence-corrected chi connectivity index (χ2v) is 8.47. The van der Waals surface area contributed by atoms with Crippen LogP contribution in [0, 0.1) is 17.7 Å². The summed E-state index contributed by atoms with van der Waals surface area (Å²) >= 11 is 0. The number of carbonyl (C=O) groups is 1. The van der Waals surface area contributed by atoms with Crippen LogP contribution in [0.1, 0.15) is 34.9 Å². The molecule has 3 aromatic rings. The number of benzene rings is 2. The number of ether oxygens (including phenoxy) is 1. The van der Waals surface area contributed by atoms with E-state index in [-0.39, 0.29) is 11.6 Å². The number of hydrogen-bond acceptors (Lipinski definition) is 4. The van der Waals surface area contributed by atoms with Gasteiger partial charge in [-0.25, -0.2) is 9.18 Å². The van der Waals surface area contributed by atoms with Crippen molar-refractivity contribution in [3.63, 3.8) is 0 Å². The number of carbonyl (C=O) groups excluding carboxylic acids is 1. The molecule has 3 saturated heterocycles. The molecule has 5 atom stereocenters. The Morgan fingerprint density at radius 1 is 1.19 bits per heavy atom. The molecular formula is C26H25FN2O2. The molecule has 0 aliphatic carbocycles. The highest BCUT2D eigenvalue weighted by molar-refractivity contribution is 5.90. The summed E-state index contributed by atoms with van der Waals surface area (Å²) in [5.74, 6) is -0.215. The first kappa shape index (κ1) is 19.9. The fraction of sp³-hybridized carbons (Fsp3) is 0.308. The zero-order valence-corrected chi connectivity index (χ0v) is 17.3. The lowest BCUT2D eigenvalue weighted by atomic mass is 9.73. The van der Waals surface area contributed by atoms with Crippen molar-refractivity contribution in [2.75, 3.05) is 13.1 Å². The molecular weight excluding hydrogens is 391 g/mol. The van der Waals surface area contributed by atoms with E-state index in [0.717, 1.165) is 42.4 Å². The fourth-order valence-corrected chi connectivity index (χ4v) is 5.21. The van der Waals surface area contributed by atoms with E-state index in [2.05, 4.69) is 22.5 Å². The third-order valence-corrected chi connectivity index (χ3v) is 6.82. The van der Waals surface area contributed by atoms with Gasteiger partial charge in [0.1, 0.15) is 11.9 Å². The third-order valence-electron chi connectivity index (χ3n) is 6.82. The molecule has 4 unspecified atom stereocenters. The molecule has 4 nitrogen and oxygen atoms in total. The topological polar surface area (TPSA) is 42.4 Å². The molecule has 3 fully saturated rings. The second kappa shape index (κ2) is 8.23. The van der Waals surface area contributed by atoms with Crippen LogP contribution in [0.2, 0.25) is 0 Å². The molecule has 5 heteroatoms. The van der Waals surface area contributed by atoms with Gasteiger partial charge in [-0.2, -0.15) is 0 Å². The summed E-state index contributed by atoms with van der Waals surface area (Å²) in [4.78, 5) is 19.9. The van der Waals surface area contributed by atoms with Gasteiger partial charge in [-0.15, -0.1) is 6.58 Å².